The molecule has 8 heteroatoms. The van der Waals surface area contributed by atoms with E-state index < -0.39 is 0 Å². The number of hydrogen-bond acceptors (Lipinski definition) is 6. The fraction of sp³-hybridized carbons (Fsp3) is 0.379. The molecule has 3 aromatic rings. The van der Waals surface area contributed by atoms with Crippen LogP contribution in [-0.2, 0) is 22.5 Å². The molecule has 8 nitrogen and oxygen atoms in total. The van der Waals surface area contributed by atoms with E-state index in [4.69, 9.17) is 13.9 Å². The Morgan fingerprint density at radius 2 is 1.68 bits per heavy atom. The highest BCUT2D eigenvalue weighted by molar-refractivity contribution is 5.98. The maximum Gasteiger partial charge on any atom is 0.258 e. The zero-order chi connectivity index (χ0) is 25.9. The Morgan fingerprint density at radius 3 is 2.41 bits per heavy atom. The van der Waals surface area contributed by atoms with Crippen LogP contribution in [0.2, 0.25) is 0 Å². The van der Waals surface area contributed by atoms with Crippen molar-refractivity contribution in [2.45, 2.75) is 13.0 Å². The van der Waals surface area contributed by atoms with Gasteiger partial charge in [0.05, 0.1) is 38.7 Å². The summed E-state index contributed by atoms with van der Waals surface area (Å²) in [5.41, 5.74) is 1.59. The summed E-state index contributed by atoms with van der Waals surface area (Å²) in [4.78, 5) is 33.0. The monoisotopic (exact) mass is 505 g/mol. The Bertz CT molecular complexity index is 1110. The molecule has 0 radical (unpaired) electrons. The van der Waals surface area contributed by atoms with Crippen molar-refractivity contribution >= 4 is 11.8 Å². The number of nitrogens with zero attached hydrogens (tertiary/aromatic N) is 3. The first kappa shape index (κ1) is 26.4. The van der Waals surface area contributed by atoms with E-state index >= 15 is 0 Å². The summed E-state index contributed by atoms with van der Waals surface area (Å²) in [6.07, 6.45) is 2.32. The van der Waals surface area contributed by atoms with Crippen molar-refractivity contribution in [2.75, 3.05) is 59.6 Å². The van der Waals surface area contributed by atoms with Gasteiger partial charge in [0, 0.05) is 32.7 Å². The lowest BCUT2D eigenvalue weighted by molar-refractivity contribution is -0.132. The third kappa shape index (κ3) is 7.68. The number of methoxy groups -OCH3 is 1. The zero-order valence-corrected chi connectivity index (χ0v) is 21.4. The van der Waals surface area contributed by atoms with Crippen molar-refractivity contribution in [1.82, 2.24) is 14.7 Å². The molecule has 1 aliphatic rings. The van der Waals surface area contributed by atoms with Crippen LogP contribution in [0, 0.1) is 0 Å². The Labute approximate surface area is 218 Å². The molecule has 0 atom stereocenters. The van der Waals surface area contributed by atoms with Gasteiger partial charge >= 0.3 is 0 Å². The number of hydrogen-bond donors (Lipinski definition) is 0. The minimum atomic E-state index is -0.222. The van der Waals surface area contributed by atoms with Crippen LogP contribution in [-0.4, -0.2) is 86.1 Å². The number of furan rings is 1. The molecular weight excluding hydrogens is 470 g/mol. The summed E-state index contributed by atoms with van der Waals surface area (Å²) in [6.45, 7) is 4.90. The van der Waals surface area contributed by atoms with Gasteiger partial charge in [-0.15, -0.1) is 0 Å². The lowest BCUT2D eigenvalue weighted by Gasteiger charge is -2.31. The average molecular weight is 506 g/mol. The van der Waals surface area contributed by atoms with Gasteiger partial charge in [-0.3, -0.25) is 14.5 Å². The summed E-state index contributed by atoms with van der Waals surface area (Å²) in [6, 6.07) is 20.9. The fourth-order valence-corrected chi connectivity index (χ4v) is 4.39. The maximum atomic E-state index is 13.7. The molecule has 0 spiro atoms. The third-order valence-corrected chi connectivity index (χ3v) is 6.53. The standard InChI is InChI=1S/C29H35N3O5/c1-35-27-12-6-5-11-26(27)29(34)32(16-15-30-17-20-36-21-18-30)23-28(33)31(22-25-10-7-19-37-25)14-13-24-8-3-2-4-9-24/h2-12,19H,13-18,20-23H2,1H3. The van der Waals surface area contributed by atoms with Gasteiger partial charge in [0.25, 0.3) is 5.91 Å². The Balaban J connectivity index is 1.51. The Morgan fingerprint density at radius 1 is 0.919 bits per heavy atom. The van der Waals surface area contributed by atoms with Crippen molar-refractivity contribution in [1.29, 1.82) is 0 Å². The highest BCUT2D eigenvalue weighted by Crippen LogP contribution is 2.20. The minimum absolute atomic E-state index is 0.0310. The van der Waals surface area contributed by atoms with E-state index in [0.29, 0.717) is 62.9 Å². The predicted molar refractivity (Wildman–Crippen MR) is 140 cm³/mol. The molecule has 0 N–H and O–H groups in total. The molecule has 0 saturated carbocycles. The molecule has 196 valence electrons. The number of benzene rings is 2. The number of ether oxygens (including phenoxy) is 2. The van der Waals surface area contributed by atoms with E-state index in [0.717, 1.165) is 18.7 Å². The van der Waals surface area contributed by atoms with Gasteiger partial charge in [-0.25, -0.2) is 0 Å². The van der Waals surface area contributed by atoms with E-state index in [1.807, 2.05) is 36.4 Å². The van der Waals surface area contributed by atoms with Crippen molar-refractivity contribution in [3.8, 4) is 5.75 Å². The number of amides is 2. The van der Waals surface area contributed by atoms with Gasteiger partial charge in [-0.2, -0.15) is 0 Å². The van der Waals surface area contributed by atoms with Crippen LogP contribution in [0.4, 0.5) is 0 Å². The average Bonchev–Trinajstić information content (AvgIpc) is 3.47. The van der Waals surface area contributed by atoms with Crippen molar-refractivity contribution in [3.05, 3.63) is 89.9 Å². The zero-order valence-electron chi connectivity index (χ0n) is 21.4. The van der Waals surface area contributed by atoms with Crippen LogP contribution in [0.15, 0.2) is 77.4 Å². The molecule has 1 fully saturated rings. The highest BCUT2D eigenvalue weighted by atomic mass is 16.5. The molecule has 1 aromatic heterocycles. The maximum absolute atomic E-state index is 13.7. The van der Waals surface area contributed by atoms with Gasteiger partial charge in [0.15, 0.2) is 0 Å². The molecule has 0 unspecified atom stereocenters. The Hall–Kier alpha value is -3.62. The molecule has 0 bridgehead atoms. The van der Waals surface area contributed by atoms with Gasteiger partial charge in [-0.05, 0) is 36.2 Å². The largest absolute Gasteiger partial charge is 0.496 e. The molecule has 1 saturated heterocycles. The van der Waals surface area contributed by atoms with E-state index in [1.54, 1.807) is 41.4 Å². The first-order valence-electron chi connectivity index (χ1n) is 12.7. The van der Waals surface area contributed by atoms with E-state index in [-0.39, 0.29) is 18.4 Å². The predicted octanol–water partition coefficient (Wildman–Crippen LogP) is 3.33. The molecule has 2 amide bonds. The molecule has 0 aliphatic carbocycles. The van der Waals surface area contributed by atoms with Crippen LogP contribution >= 0.6 is 0 Å². The summed E-state index contributed by atoms with van der Waals surface area (Å²) in [5.74, 6) is 0.850. The quantitative estimate of drug-likeness (QED) is 0.376. The van der Waals surface area contributed by atoms with Gasteiger partial charge < -0.3 is 23.7 Å². The molecular formula is C29H35N3O5. The molecule has 2 heterocycles. The number of rotatable bonds is 12. The number of carbonyl (C=O) groups is 2. The molecule has 1 aliphatic heterocycles. The van der Waals surface area contributed by atoms with Crippen LogP contribution < -0.4 is 4.74 Å². The van der Waals surface area contributed by atoms with Crippen molar-refractivity contribution in [3.63, 3.8) is 0 Å². The second kappa shape index (κ2) is 13.6. The van der Waals surface area contributed by atoms with Crippen LogP contribution in [0.5, 0.6) is 5.75 Å². The van der Waals surface area contributed by atoms with Gasteiger partial charge in [0.2, 0.25) is 5.91 Å². The minimum Gasteiger partial charge on any atom is -0.496 e. The van der Waals surface area contributed by atoms with Crippen molar-refractivity contribution < 1.29 is 23.5 Å². The van der Waals surface area contributed by atoms with E-state index in [1.165, 1.54) is 0 Å². The van der Waals surface area contributed by atoms with Gasteiger partial charge in [-0.1, -0.05) is 42.5 Å². The SMILES string of the molecule is COc1ccccc1C(=O)N(CCN1CCOCC1)CC(=O)N(CCc1ccccc1)Cc1ccco1. The summed E-state index contributed by atoms with van der Waals surface area (Å²) in [5, 5.41) is 0. The summed E-state index contributed by atoms with van der Waals surface area (Å²) >= 11 is 0. The Kier molecular flexibility index (Phi) is 9.74. The molecule has 2 aromatic carbocycles. The van der Waals surface area contributed by atoms with Gasteiger partial charge in [0.1, 0.15) is 18.1 Å². The summed E-state index contributed by atoms with van der Waals surface area (Å²) in [7, 11) is 1.55. The lowest BCUT2D eigenvalue weighted by Crippen LogP contribution is -2.47. The molecule has 4 rings (SSSR count). The smallest absolute Gasteiger partial charge is 0.258 e. The fourth-order valence-electron chi connectivity index (χ4n) is 4.39. The second-order valence-electron chi connectivity index (χ2n) is 9.01. The first-order valence-corrected chi connectivity index (χ1v) is 12.7. The van der Waals surface area contributed by atoms with Crippen molar-refractivity contribution in [2.24, 2.45) is 0 Å². The van der Waals surface area contributed by atoms with Crippen LogP contribution in [0.1, 0.15) is 21.7 Å². The summed E-state index contributed by atoms with van der Waals surface area (Å²) < 4.78 is 16.4. The van der Waals surface area contributed by atoms with E-state index in [2.05, 4.69) is 17.0 Å². The number of morpholine rings is 1. The van der Waals surface area contributed by atoms with E-state index in [9.17, 15) is 9.59 Å². The lowest BCUT2D eigenvalue weighted by atomic mass is 10.1. The third-order valence-electron chi connectivity index (χ3n) is 6.53. The first-order chi connectivity index (χ1) is 18.1. The normalized spacial score (nSPS) is 13.8. The number of carbonyl (C=O) groups excluding carboxylic acids is 2. The molecule has 37 heavy (non-hydrogen) atoms. The highest BCUT2D eigenvalue weighted by Gasteiger charge is 2.25. The number of para-hydroxylation sites is 1. The van der Waals surface area contributed by atoms with Crippen LogP contribution in [0.25, 0.3) is 0 Å². The topological polar surface area (TPSA) is 75.5 Å². The van der Waals surface area contributed by atoms with Crippen LogP contribution in [0.3, 0.4) is 0 Å². The second-order valence-corrected chi connectivity index (χ2v) is 9.01.